The van der Waals surface area contributed by atoms with Crippen molar-refractivity contribution in [3.05, 3.63) is 0 Å². The Balaban J connectivity index is 4.17. The Bertz CT molecular complexity index is 154. The van der Waals surface area contributed by atoms with Gasteiger partial charge in [0.1, 0.15) is 5.60 Å². The van der Waals surface area contributed by atoms with Crippen molar-refractivity contribution in [3.63, 3.8) is 0 Å². The molecule has 17 heavy (non-hydrogen) atoms. The Morgan fingerprint density at radius 3 is 1.65 bits per heavy atom. The third-order valence-corrected chi connectivity index (χ3v) is 2.35. The average molecular weight is 252 g/mol. The molecule has 0 bridgehead atoms. The highest BCUT2D eigenvalue weighted by Crippen LogP contribution is 2.17. The standard InChI is InChI=1S/C11H24O6/c1-2-11(17-8-5-14,9-15-6-3-12)10-16-7-4-13/h12-14H,2-10H2,1H3. The first-order valence-corrected chi connectivity index (χ1v) is 5.86. The lowest BCUT2D eigenvalue weighted by atomic mass is 10.0. The molecule has 0 aliphatic heterocycles. The normalized spacial score (nSPS) is 12.0. The third-order valence-electron chi connectivity index (χ3n) is 2.35. The summed E-state index contributed by atoms with van der Waals surface area (Å²) in [5.41, 5.74) is -0.632. The van der Waals surface area contributed by atoms with E-state index in [9.17, 15) is 0 Å². The number of aliphatic hydroxyl groups excluding tert-OH is 3. The van der Waals surface area contributed by atoms with Crippen molar-refractivity contribution >= 4 is 0 Å². The van der Waals surface area contributed by atoms with Crippen molar-refractivity contribution < 1.29 is 29.5 Å². The van der Waals surface area contributed by atoms with Gasteiger partial charge in [-0.3, -0.25) is 0 Å². The van der Waals surface area contributed by atoms with Crippen molar-refractivity contribution in [3.8, 4) is 0 Å². The summed E-state index contributed by atoms with van der Waals surface area (Å²) in [6, 6.07) is 0. The summed E-state index contributed by atoms with van der Waals surface area (Å²) in [6.07, 6.45) is 0.657. The van der Waals surface area contributed by atoms with Crippen LogP contribution in [0, 0.1) is 0 Å². The summed E-state index contributed by atoms with van der Waals surface area (Å²) in [5, 5.41) is 26.1. The third kappa shape index (κ3) is 7.64. The first-order valence-electron chi connectivity index (χ1n) is 5.86. The fourth-order valence-electron chi connectivity index (χ4n) is 1.34. The summed E-state index contributed by atoms with van der Waals surface area (Å²) in [4.78, 5) is 0. The predicted octanol–water partition coefficient (Wildman–Crippen LogP) is -0.838. The molecule has 0 fully saturated rings. The zero-order chi connectivity index (χ0) is 13.0. The van der Waals surface area contributed by atoms with Gasteiger partial charge in [0.15, 0.2) is 0 Å². The molecule has 0 radical (unpaired) electrons. The molecule has 0 saturated carbocycles. The van der Waals surface area contributed by atoms with Crippen molar-refractivity contribution in [1.29, 1.82) is 0 Å². The van der Waals surface area contributed by atoms with E-state index < -0.39 is 5.60 Å². The van der Waals surface area contributed by atoms with Gasteiger partial charge in [-0.05, 0) is 6.42 Å². The summed E-state index contributed by atoms with van der Waals surface area (Å²) in [6.45, 7) is 3.04. The predicted molar refractivity (Wildman–Crippen MR) is 61.9 cm³/mol. The molecule has 6 heteroatoms. The lowest BCUT2D eigenvalue weighted by Gasteiger charge is -2.32. The maximum Gasteiger partial charge on any atom is 0.114 e. The molecule has 0 atom stereocenters. The second kappa shape index (κ2) is 10.9. The van der Waals surface area contributed by atoms with Crippen LogP contribution in [0.15, 0.2) is 0 Å². The van der Waals surface area contributed by atoms with Gasteiger partial charge in [0.2, 0.25) is 0 Å². The Labute approximate surface area is 102 Å². The molecule has 0 aliphatic carbocycles. The van der Waals surface area contributed by atoms with Gasteiger partial charge < -0.3 is 29.5 Å². The first kappa shape index (κ1) is 16.8. The molecule has 0 rings (SSSR count). The van der Waals surface area contributed by atoms with Crippen LogP contribution in [0.25, 0.3) is 0 Å². The summed E-state index contributed by atoms with van der Waals surface area (Å²) in [5.74, 6) is 0. The molecular formula is C11H24O6. The maximum atomic E-state index is 8.78. The smallest absolute Gasteiger partial charge is 0.114 e. The highest BCUT2D eigenvalue weighted by atomic mass is 16.6. The zero-order valence-electron chi connectivity index (χ0n) is 10.4. The number of aliphatic hydroxyl groups is 3. The molecule has 6 nitrogen and oxygen atoms in total. The summed E-state index contributed by atoms with van der Waals surface area (Å²) in [7, 11) is 0. The highest BCUT2D eigenvalue weighted by molar-refractivity contribution is 4.79. The van der Waals surface area contributed by atoms with E-state index >= 15 is 0 Å². The van der Waals surface area contributed by atoms with Gasteiger partial charge in [0.25, 0.3) is 0 Å². The van der Waals surface area contributed by atoms with Crippen molar-refractivity contribution in [2.24, 2.45) is 0 Å². The van der Waals surface area contributed by atoms with E-state index in [1.54, 1.807) is 0 Å². The van der Waals surface area contributed by atoms with E-state index in [4.69, 9.17) is 29.5 Å². The summed E-state index contributed by atoms with van der Waals surface area (Å²) >= 11 is 0. The second-order valence-corrected chi connectivity index (χ2v) is 3.66. The Morgan fingerprint density at radius 1 is 0.824 bits per heavy atom. The Morgan fingerprint density at radius 2 is 1.29 bits per heavy atom. The first-order chi connectivity index (χ1) is 8.24. The highest BCUT2D eigenvalue weighted by Gasteiger charge is 2.30. The molecule has 0 spiro atoms. The van der Waals surface area contributed by atoms with Crippen LogP contribution >= 0.6 is 0 Å². The minimum absolute atomic E-state index is 0.0444. The molecule has 0 saturated heterocycles. The SMILES string of the molecule is CCC(COCCO)(COCCO)OCCO. The van der Waals surface area contributed by atoms with Gasteiger partial charge in [0, 0.05) is 0 Å². The molecule has 0 aliphatic rings. The molecular weight excluding hydrogens is 228 g/mol. The number of ether oxygens (including phenoxy) is 3. The number of hydrogen-bond acceptors (Lipinski definition) is 6. The summed E-state index contributed by atoms with van der Waals surface area (Å²) < 4.78 is 16.1. The van der Waals surface area contributed by atoms with Crippen LogP contribution in [0.1, 0.15) is 13.3 Å². The van der Waals surface area contributed by atoms with Crippen LogP contribution in [0.3, 0.4) is 0 Å². The monoisotopic (exact) mass is 252 g/mol. The minimum Gasteiger partial charge on any atom is -0.394 e. The number of rotatable bonds is 12. The van der Waals surface area contributed by atoms with Gasteiger partial charge in [-0.2, -0.15) is 0 Å². The molecule has 0 heterocycles. The van der Waals surface area contributed by atoms with E-state index in [0.29, 0.717) is 6.42 Å². The van der Waals surface area contributed by atoms with E-state index in [-0.39, 0.29) is 52.9 Å². The molecule has 0 aromatic rings. The van der Waals surface area contributed by atoms with Crippen molar-refractivity contribution in [1.82, 2.24) is 0 Å². The van der Waals surface area contributed by atoms with Crippen molar-refractivity contribution in [2.45, 2.75) is 18.9 Å². The van der Waals surface area contributed by atoms with E-state index in [2.05, 4.69) is 0 Å². The minimum atomic E-state index is -0.632. The van der Waals surface area contributed by atoms with Crippen molar-refractivity contribution in [2.75, 3.05) is 52.9 Å². The van der Waals surface area contributed by atoms with Gasteiger partial charge in [-0.25, -0.2) is 0 Å². The fourth-order valence-corrected chi connectivity index (χ4v) is 1.34. The van der Waals surface area contributed by atoms with Crippen LogP contribution in [0.5, 0.6) is 0 Å². The Hall–Kier alpha value is -0.240. The second-order valence-electron chi connectivity index (χ2n) is 3.66. The fraction of sp³-hybridized carbons (Fsp3) is 1.00. The molecule has 104 valence electrons. The van der Waals surface area contributed by atoms with Crippen LogP contribution in [-0.2, 0) is 14.2 Å². The van der Waals surface area contributed by atoms with E-state index in [1.165, 1.54) is 0 Å². The average Bonchev–Trinajstić information content (AvgIpc) is 2.36. The largest absolute Gasteiger partial charge is 0.394 e. The zero-order valence-corrected chi connectivity index (χ0v) is 10.4. The topological polar surface area (TPSA) is 88.4 Å². The molecule has 0 aromatic heterocycles. The van der Waals surface area contributed by atoms with Gasteiger partial charge in [0.05, 0.1) is 52.9 Å². The quantitative estimate of drug-likeness (QED) is 0.393. The van der Waals surface area contributed by atoms with Gasteiger partial charge >= 0.3 is 0 Å². The van der Waals surface area contributed by atoms with Gasteiger partial charge in [-0.15, -0.1) is 0 Å². The Kier molecular flexibility index (Phi) is 10.7. The molecule has 0 unspecified atom stereocenters. The van der Waals surface area contributed by atoms with Crippen LogP contribution in [0.4, 0.5) is 0 Å². The molecule has 0 amide bonds. The van der Waals surface area contributed by atoms with E-state index in [1.807, 2.05) is 6.92 Å². The lowest BCUT2D eigenvalue weighted by molar-refractivity contribution is -0.146. The van der Waals surface area contributed by atoms with E-state index in [0.717, 1.165) is 0 Å². The lowest BCUT2D eigenvalue weighted by Crippen LogP contribution is -2.43. The molecule has 3 N–H and O–H groups in total. The van der Waals surface area contributed by atoms with Crippen LogP contribution in [0.2, 0.25) is 0 Å². The van der Waals surface area contributed by atoms with Crippen LogP contribution < -0.4 is 0 Å². The van der Waals surface area contributed by atoms with Gasteiger partial charge in [-0.1, -0.05) is 6.92 Å². The van der Waals surface area contributed by atoms with Crippen LogP contribution in [-0.4, -0.2) is 73.8 Å². The number of hydrogen-bond donors (Lipinski definition) is 3. The maximum absolute atomic E-state index is 8.78. The molecule has 0 aromatic carbocycles.